The Balaban J connectivity index is 2.23. The molecule has 0 fully saturated rings. The molecule has 2 aromatic rings. The van der Waals surface area contributed by atoms with Gasteiger partial charge in [0.05, 0.1) is 18.8 Å². The molecule has 19 heavy (non-hydrogen) atoms. The summed E-state index contributed by atoms with van der Waals surface area (Å²) < 4.78 is 19.3. The van der Waals surface area contributed by atoms with Crippen molar-refractivity contribution in [3.8, 4) is 0 Å². The Kier molecular flexibility index (Phi) is 4.35. The van der Waals surface area contributed by atoms with Gasteiger partial charge >= 0.3 is 0 Å². The van der Waals surface area contributed by atoms with Crippen LogP contribution < -0.4 is 5.73 Å². The Hall–Kier alpha value is -1.65. The fourth-order valence-corrected chi connectivity index (χ4v) is 2.38. The van der Waals surface area contributed by atoms with Crippen molar-refractivity contribution in [1.82, 2.24) is 4.90 Å². The average molecular weight is 262 g/mol. The Bertz CT molecular complexity index is 511. The molecule has 0 aliphatic rings. The molecule has 4 heteroatoms. The molecule has 1 heterocycles. The van der Waals surface area contributed by atoms with Crippen LogP contribution in [-0.4, -0.2) is 18.0 Å². The van der Waals surface area contributed by atoms with Crippen LogP contribution >= 0.6 is 0 Å². The van der Waals surface area contributed by atoms with Gasteiger partial charge in [0.2, 0.25) is 0 Å². The van der Waals surface area contributed by atoms with Gasteiger partial charge in [0.1, 0.15) is 11.6 Å². The van der Waals surface area contributed by atoms with E-state index in [-0.39, 0.29) is 17.9 Å². The van der Waals surface area contributed by atoms with Crippen molar-refractivity contribution in [2.45, 2.75) is 25.6 Å². The van der Waals surface area contributed by atoms with Gasteiger partial charge < -0.3 is 10.2 Å². The van der Waals surface area contributed by atoms with E-state index in [1.807, 2.05) is 37.1 Å². The molecule has 2 N–H and O–H groups in total. The second-order valence-corrected chi connectivity index (χ2v) is 4.82. The third kappa shape index (κ3) is 3.22. The van der Waals surface area contributed by atoms with Gasteiger partial charge in [0.25, 0.3) is 0 Å². The van der Waals surface area contributed by atoms with E-state index in [1.54, 1.807) is 18.4 Å². The Morgan fingerprint density at radius 3 is 2.58 bits per heavy atom. The third-order valence-electron chi connectivity index (χ3n) is 3.18. The lowest BCUT2D eigenvalue weighted by molar-refractivity contribution is 0.192. The maximum absolute atomic E-state index is 13.9. The van der Waals surface area contributed by atoms with Crippen molar-refractivity contribution < 1.29 is 8.81 Å². The predicted octanol–water partition coefficient (Wildman–Crippen LogP) is 2.94. The number of nitrogens with two attached hydrogens (primary N) is 1. The van der Waals surface area contributed by atoms with E-state index in [0.29, 0.717) is 12.1 Å². The van der Waals surface area contributed by atoms with E-state index >= 15 is 0 Å². The lowest BCUT2D eigenvalue weighted by atomic mass is 9.99. The van der Waals surface area contributed by atoms with Crippen LogP contribution in [-0.2, 0) is 6.54 Å². The van der Waals surface area contributed by atoms with Gasteiger partial charge in [-0.05, 0) is 32.2 Å². The van der Waals surface area contributed by atoms with Crippen LogP contribution in [0, 0.1) is 5.82 Å². The van der Waals surface area contributed by atoms with Crippen LogP contribution in [0.15, 0.2) is 47.1 Å². The monoisotopic (exact) mass is 262 g/mol. The molecule has 0 aliphatic heterocycles. The molecule has 0 saturated carbocycles. The second kappa shape index (κ2) is 5.99. The number of hydrogen-bond donors (Lipinski definition) is 1. The summed E-state index contributed by atoms with van der Waals surface area (Å²) in [5.41, 5.74) is 6.65. The molecule has 1 aromatic carbocycles. The van der Waals surface area contributed by atoms with Crippen molar-refractivity contribution in [1.29, 1.82) is 0 Å². The van der Waals surface area contributed by atoms with Crippen molar-refractivity contribution in [3.63, 3.8) is 0 Å². The van der Waals surface area contributed by atoms with E-state index in [0.717, 1.165) is 5.76 Å². The van der Waals surface area contributed by atoms with E-state index in [1.165, 1.54) is 6.07 Å². The summed E-state index contributed by atoms with van der Waals surface area (Å²) in [6.07, 6.45) is 1.63. The fourth-order valence-electron chi connectivity index (χ4n) is 2.38. The highest BCUT2D eigenvalue weighted by Crippen LogP contribution is 2.26. The molecule has 0 bridgehead atoms. The van der Waals surface area contributed by atoms with Gasteiger partial charge in [-0.3, -0.25) is 4.90 Å². The standard InChI is InChI=1S/C15H19FN2O/c1-11(17)15(13-7-3-4-8-14(13)16)18(2)10-12-6-5-9-19-12/h3-9,11,15H,10,17H2,1-2H3. The van der Waals surface area contributed by atoms with Crippen molar-refractivity contribution in [2.75, 3.05) is 7.05 Å². The zero-order valence-electron chi connectivity index (χ0n) is 11.2. The zero-order valence-corrected chi connectivity index (χ0v) is 11.2. The van der Waals surface area contributed by atoms with Crippen molar-refractivity contribution in [2.24, 2.45) is 5.73 Å². The Morgan fingerprint density at radius 2 is 2.00 bits per heavy atom. The minimum absolute atomic E-state index is 0.183. The molecular formula is C15H19FN2O. The van der Waals surface area contributed by atoms with Gasteiger partial charge in [-0.15, -0.1) is 0 Å². The molecule has 2 unspecified atom stereocenters. The molecule has 102 valence electrons. The number of benzene rings is 1. The molecule has 0 amide bonds. The van der Waals surface area contributed by atoms with Gasteiger partial charge in [-0.2, -0.15) is 0 Å². The number of nitrogens with zero attached hydrogens (tertiary/aromatic N) is 1. The van der Waals surface area contributed by atoms with Gasteiger partial charge in [-0.1, -0.05) is 18.2 Å². The normalized spacial score (nSPS) is 14.6. The summed E-state index contributed by atoms with van der Waals surface area (Å²) in [7, 11) is 1.92. The summed E-state index contributed by atoms with van der Waals surface area (Å²) in [6.45, 7) is 2.48. The van der Waals surface area contributed by atoms with Gasteiger partial charge in [0, 0.05) is 11.6 Å². The number of hydrogen-bond acceptors (Lipinski definition) is 3. The van der Waals surface area contributed by atoms with E-state index in [4.69, 9.17) is 10.2 Å². The maximum atomic E-state index is 13.9. The second-order valence-electron chi connectivity index (χ2n) is 4.82. The largest absolute Gasteiger partial charge is 0.468 e. The number of halogens is 1. The lowest BCUT2D eigenvalue weighted by Gasteiger charge is -2.31. The van der Waals surface area contributed by atoms with E-state index in [2.05, 4.69) is 0 Å². The summed E-state index contributed by atoms with van der Waals surface area (Å²) in [4.78, 5) is 2.00. The lowest BCUT2D eigenvalue weighted by Crippen LogP contribution is -2.37. The molecule has 3 nitrogen and oxygen atoms in total. The molecule has 1 aromatic heterocycles. The Labute approximate surface area is 112 Å². The minimum Gasteiger partial charge on any atom is -0.468 e. The fraction of sp³-hybridized carbons (Fsp3) is 0.333. The maximum Gasteiger partial charge on any atom is 0.128 e. The third-order valence-corrected chi connectivity index (χ3v) is 3.18. The highest BCUT2D eigenvalue weighted by atomic mass is 19.1. The minimum atomic E-state index is -0.226. The van der Waals surface area contributed by atoms with E-state index < -0.39 is 0 Å². The van der Waals surface area contributed by atoms with Crippen LogP contribution in [0.5, 0.6) is 0 Å². The first-order valence-corrected chi connectivity index (χ1v) is 6.32. The molecular weight excluding hydrogens is 243 g/mol. The number of likely N-dealkylation sites (N-methyl/N-ethyl adjacent to an activating group) is 1. The van der Waals surface area contributed by atoms with Gasteiger partial charge in [-0.25, -0.2) is 4.39 Å². The average Bonchev–Trinajstić information content (AvgIpc) is 2.84. The number of furan rings is 1. The van der Waals surface area contributed by atoms with Crippen molar-refractivity contribution in [3.05, 3.63) is 59.8 Å². The van der Waals surface area contributed by atoms with Gasteiger partial charge in [0.15, 0.2) is 0 Å². The van der Waals surface area contributed by atoms with Crippen LogP contribution in [0.3, 0.4) is 0 Å². The predicted molar refractivity (Wildman–Crippen MR) is 73.0 cm³/mol. The van der Waals surface area contributed by atoms with Crippen LogP contribution in [0.2, 0.25) is 0 Å². The quantitative estimate of drug-likeness (QED) is 0.900. The summed E-state index contributed by atoms with van der Waals surface area (Å²) in [5, 5.41) is 0. The first kappa shape index (κ1) is 13.8. The highest BCUT2D eigenvalue weighted by Gasteiger charge is 2.24. The van der Waals surface area contributed by atoms with E-state index in [9.17, 15) is 4.39 Å². The molecule has 2 rings (SSSR count). The van der Waals surface area contributed by atoms with Crippen LogP contribution in [0.25, 0.3) is 0 Å². The highest BCUT2D eigenvalue weighted by molar-refractivity contribution is 5.22. The SMILES string of the molecule is CC(N)C(c1ccccc1F)N(C)Cc1ccco1. The summed E-state index contributed by atoms with van der Waals surface area (Å²) in [6, 6.07) is 10.1. The number of rotatable bonds is 5. The first-order chi connectivity index (χ1) is 9.09. The molecule has 2 atom stereocenters. The first-order valence-electron chi connectivity index (χ1n) is 6.32. The van der Waals surface area contributed by atoms with Crippen LogP contribution in [0.1, 0.15) is 24.3 Å². The molecule has 0 aliphatic carbocycles. The summed E-state index contributed by atoms with van der Waals surface area (Å²) in [5.74, 6) is 0.612. The Morgan fingerprint density at radius 1 is 1.26 bits per heavy atom. The zero-order chi connectivity index (χ0) is 13.8. The molecule has 0 spiro atoms. The van der Waals surface area contributed by atoms with Crippen LogP contribution in [0.4, 0.5) is 4.39 Å². The van der Waals surface area contributed by atoms with Crippen molar-refractivity contribution >= 4 is 0 Å². The summed E-state index contributed by atoms with van der Waals surface area (Å²) >= 11 is 0. The molecule has 0 radical (unpaired) electrons. The molecule has 0 saturated heterocycles. The smallest absolute Gasteiger partial charge is 0.128 e. The topological polar surface area (TPSA) is 42.4 Å².